The van der Waals surface area contributed by atoms with Crippen molar-refractivity contribution in [3.05, 3.63) is 59.7 Å². The fraction of sp³-hybridized carbons (Fsp3) is 0.409. The summed E-state index contributed by atoms with van der Waals surface area (Å²) in [6.45, 7) is 2.42. The molecule has 1 aliphatic rings. The van der Waals surface area contributed by atoms with Crippen LogP contribution in [0.2, 0.25) is 0 Å². The lowest BCUT2D eigenvalue weighted by Crippen LogP contribution is -2.47. The van der Waals surface area contributed by atoms with Gasteiger partial charge in [-0.15, -0.1) is 0 Å². The van der Waals surface area contributed by atoms with Gasteiger partial charge in [0.1, 0.15) is 0 Å². The maximum Gasteiger partial charge on any atom is 0.315 e. The number of carbonyl (C=O) groups excluding carboxylic acids is 1. The van der Waals surface area contributed by atoms with Crippen molar-refractivity contribution in [2.75, 3.05) is 34.0 Å². The fourth-order valence-corrected chi connectivity index (χ4v) is 3.61. The summed E-state index contributed by atoms with van der Waals surface area (Å²) < 4.78 is 16.1. The number of hydrogen-bond donors (Lipinski definition) is 2. The Labute approximate surface area is 166 Å². The van der Waals surface area contributed by atoms with Crippen LogP contribution in [0.1, 0.15) is 24.0 Å². The quantitative estimate of drug-likeness (QED) is 0.769. The number of amides is 2. The van der Waals surface area contributed by atoms with Gasteiger partial charge in [0.25, 0.3) is 0 Å². The zero-order chi connectivity index (χ0) is 19.8. The topological polar surface area (TPSA) is 68.8 Å². The SMILES string of the molecule is COc1ccc(CNC(=O)NCC2(c3ccccc3)CCOCC2)cc1OC. The van der Waals surface area contributed by atoms with Crippen LogP contribution in [0.25, 0.3) is 0 Å². The number of rotatable bonds is 7. The molecule has 2 N–H and O–H groups in total. The van der Waals surface area contributed by atoms with Crippen LogP contribution >= 0.6 is 0 Å². The largest absolute Gasteiger partial charge is 0.493 e. The van der Waals surface area contributed by atoms with E-state index in [1.807, 2.05) is 36.4 Å². The predicted molar refractivity (Wildman–Crippen MR) is 108 cm³/mol. The van der Waals surface area contributed by atoms with Crippen LogP contribution in [0, 0.1) is 0 Å². The van der Waals surface area contributed by atoms with E-state index in [0.29, 0.717) is 37.8 Å². The van der Waals surface area contributed by atoms with Gasteiger partial charge in [0, 0.05) is 31.7 Å². The van der Waals surface area contributed by atoms with E-state index in [2.05, 4.69) is 22.8 Å². The fourth-order valence-electron chi connectivity index (χ4n) is 3.61. The highest BCUT2D eigenvalue weighted by atomic mass is 16.5. The first-order chi connectivity index (χ1) is 13.7. The molecule has 1 aliphatic heterocycles. The van der Waals surface area contributed by atoms with Crippen molar-refractivity contribution in [2.24, 2.45) is 0 Å². The van der Waals surface area contributed by atoms with Crippen molar-refractivity contribution in [1.29, 1.82) is 0 Å². The molecule has 0 aromatic heterocycles. The highest BCUT2D eigenvalue weighted by Gasteiger charge is 2.34. The molecule has 6 nitrogen and oxygen atoms in total. The second kappa shape index (κ2) is 9.46. The summed E-state index contributed by atoms with van der Waals surface area (Å²) in [5, 5.41) is 5.97. The molecule has 1 saturated heterocycles. The molecule has 150 valence electrons. The second-order valence-corrected chi connectivity index (χ2v) is 6.98. The Morgan fingerprint density at radius 1 is 1.00 bits per heavy atom. The molecule has 2 aromatic carbocycles. The minimum absolute atomic E-state index is 0.0832. The molecule has 0 radical (unpaired) electrons. The average Bonchev–Trinajstić information content (AvgIpc) is 2.77. The molecule has 0 saturated carbocycles. The molecule has 1 fully saturated rings. The van der Waals surface area contributed by atoms with E-state index in [-0.39, 0.29) is 11.4 Å². The molecular weight excluding hydrogens is 356 g/mol. The summed E-state index contributed by atoms with van der Waals surface area (Å²) in [5.41, 5.74) is 2.11. The summed E-state index contributed by atoms with van der Waals surface area (Å²) in [6.07, 6.45) is 1.79. The summed E-state index contributed by atoms with van der Waals surface area (Å²) in [7, 11) is 3.20. The van der Waals surface area contributed by atoms with E-state index in [1.165, 1.54) is 5.56 Å². The summed E-state index contributed by atoms with van der Waals surface area (Å²) >= 11 is 0. The number of benzene rings is 2. The second-order valence-electron chi connectivity index (χ2n) is 6.98. The first kappa shape index (κ1) is 20.0. The van der Waals surface area contributed by atoms with Gasteiger partial charge in [-0.25, -0.2) is 4.79 Å². The summed E-state index contributed by atoms with van der Waals surface area (Å²) in [5.74, 6) is 1.31. The van der Waals surface area contributed by atoms with Crippen LogP contribution in [-0.4, -0.2) is 40.0 Å². The summed E-state index contributed by atoms with van der Waals surface area (Å²) in [4.78, 5) is 12.4. The first-order valence-corrected chi connectivity index (χ1v) is 9.53. The molecule has 3 rings (SSSR count). The maximum absolute atomic E-state index is 12.4. The third-order valence-corrected chi connectivity index (χ3v) is 5.32. The van der Waals surface area contributed by atoms with Crippen LogP contribution in [-0.2, 0) is 16.7 Å². The van der Waals surface area contributed by atoms with E-state index < -0.39 is 0 Å². The van der Waals surface area contributed by atoms with E-state index in [0.717, 1.165) is 18.4 Å². The van der Waals surface area contributed by atoms with Gasteiger partial charge in [-0.3, -0.25) is 0 Å². The van der Waals surface area contributed by atoms with Crippen molar-refractivity contribution < 1.29 is 19.0 Å². The number of carbonyl (C=O) groups is 1. The van der Waals surface area contributed by atoms with E-state index in [1.54, 1.807) is 14.2 Å². The number of ether oxygens (including phenoxy) is 3. The third kappa shape index (κ3) is 4.75. The Balaban J connectivity index is 1.58. The Kier molecular flexibility index (Phi) is 6.76. The van der Waals surface area contributed by atoms with E-state index >= 15 is 0 Å². The highest BCUT2D eigenvalue weighted by Crippen LogP contribution is 2.34. The number of urea groups is 1. The summed E-state index contributed by atoms with van der Waals surface area (Å²) in [6, 6.07) is 15.8. The molecule has 1 heterocycles. The Hall–Kier alpha value is -2.73. The smallest absolute Gasteiger partial charge is 0.315 e. The van der Waals surface area contributed by atoms with Crippen LogP contribution in [0.15, 0.2) is 48.5 Å². The van der Waals surface area contributed by atoms with Gasteiger partial charge in [-0.2, -0.15) is 0 Å². The van der Waals surface area contributed by atoms with Crippen LogP contribution in [0.3, 0.4) is 0 Å². The molecule has 0 spiro atoms. The number of methoxy groups -OCH3 is 2. The lowest BCUT2D eigenvalue weighted by Gasteiger charge is -2.38. The van der Waals surface area contributed by atoms with Crippen molar-refractivity contribution >= 4 is 6.03 Å². The molecule has 0 bridgehead atoms. The zero-order valence-corrected chi connectivity index (χ0v) is 16.5. The van der Waals surface area contributed by atoms with Crippen molar-refractivity contribution in [2.45, 2.75) is 24.8 Å². The molecule has 28 heavy (non-hydrogen) atoms. The lowest BCUT2D eigenvalue weighted by atomic mass is 9.74. The molecule has 2 aromatic rings. The Morgan fingerprint density at radius 3 is 2.39 bits per heavy atom. The molecule has 0 unspecified atom stereocenters. The minimum Gasteiger partial charge on any atom is -0.493 e. The van der Waals surface area contributed by atoms with Gasteiger partial charge in [0.15, 0.2) is 11.5 Å². The van der Waals surface area contributed by atoms with Gasteiger partial charge in [0.05, 0.1) is 14.2 Å². The molecule has 6 heteroatoms. The zero-order valence-electron chi connectivity index (χ0n) is 16.5. The predicted octanol–water partition coefficient (Wildman–Crippen LogP) is 3.25. The molecule has 0 atom stereocenters. The normalized spacial score (nSPS) is 15.5. The molecular formula is C22H28N2O4. The maximum atomic E-state index is 12.4. The first-order valence-electron chi connectivity index (χ1n) is 9.53. The standard InChI is InChI=1S/C22H28N2O4/c1-26-19-9-8-17(14-20(19)27-2)15-23-21(25)24-16-22(10-12-28-13-11-22)18-6-4-3-5-7-18/h3-9,14H,10-13,15-16H2,1-2H3,(H2,23,24,25). The van der Waals surface area contributed by atoms with Crippen molar-refractivity contribution in [3.8, 4) is 11.5 Å². The van der Waals surface area contributed by atoms with Gasteiger partial charge in [-0.1, -0.05) is 36.4 Å². The van der Waals surface area contributed by atoms with Gasteiger partial charge in [0.2, 0.25) is 0 Å². The van der Waals surface area contributed by atoms with Crippen molar-refractivity contribution in [3.63, 3.8) is 0 Å². The Morgan fingerprint density at radius 2 is 1.71 bits per heavy atom. The molecule has 2 amide bonds. The van der Waals surface area contributed by atoms with Crippen LogP contribution in [0.5, 0.6) is 11.5 Å². The third-order valence-electron chi connectivity index (χ3n) is 5.32. The number of nitrogens with one attached hydrogen (secondary N) is 2. The van der Waals surface area contributed by atoms with Crippen LogP contribution in [0.4, 0.5) is 4.79 Å². The highest BCUT2D eigenvalue weighted by molar-refractivity contribution is 5.74. The minimum atomic E-state index is -0.184. The van der Waals surface area contributed by atoms with Gasteiger partial charge >= 0.3 is 6.03 Å². The lowest BCUT2D eigenvalue weighted by molar-refractivity contribution is 0.0507. The average molecular weight is 384 g/mol. The van der Waals surface area contributed by atoms with E-state index in [9.17, 15) is 4.79 Å². The molecule has 0 aliphatic carbocycles. The Bertz CT molecular complexity index is 773. The van der Waals surface area contributed by atoms with Crippen LogP contribution < -0.4 is 20.1 Å². The van der Waals surface area contributed by atoms with Gasteiger partial charge < -0.3 is 24.8 Å². The van der Waals surface area contributed by atoms with E-state index in [4.69, 9.17) is 14.2 Å². The van der Waals surface area contributed by atoms with Gasteiger partial charge in [-0.05, 0) is 36.1 Å². The number of hydrogen-bond acceptors (Lipinski definition) is 4. The van der Waals surface area contributed by atoms with Crippen molar-refractivity contribution in [1.82, 2.24) is 10.6 Å². The monoisotopic (exact) mass is 384 g/mol.